The van der Waals surface area contributed by atoms with Gasteiger partial charge in [0.15, 0.2) is 0 Å². The summed E-state index contributed by atoms with van der Waals surface area (Å²) < 4.78 is 0. The lowest BCUT2D eigenvalue weighted by molar-refractivity contribution is -0.145. The van der Waals surface area contributed by atoms with Gasteiger partial charge in [-0.05, 0) is 49.4 Å². The van der Waals surface area contributed by atoms with Crippen molar-refractivity contribution in [1.82, 2.24) is 9.80 Å². The fourth-order valence-corrected chi connectivity index (χ4v) is 3.96. The Hall–Kier alpha value is -2.41. The van der Waals surface area contributed by atoms with E-state index in [1.165, 1.54) is 0 Å². The van der Waals surface area contributed by atoms with E-state index in [0.717, 1.165) is 34.6 Å². The monoisotopic (exact) mass is 391 g/mol. The Morgan fingerprint density at radius 1 is 1.19 bits per heavy atom. The fourth-order valence-electron chi connectivity index (χ4n) is 3.74. The minimum atomic E-state index is -0.944. The van der Waals surface area contributed by atoms with Crippen LogP contribution in [0, 0.1) is 12.8 Å². The van der Waals surface area contributed by atoms with Crippen molar-refractivity contribution in [3.8, 4) is 0 Å². The molecule has 1 aliphatic carbocycles. The third kappa shape index (κ3) is 3.83. The summed E-state index contributed by atoms with van der Waals surface area (Å²) in [7, 11) is 0. The van der Waals surface area contributed by atoms with Gasteiger partial charge in [-0.1, -0.05) is 31.4 Å². The highest BCUT2D eigenvalue weighted by atomic mass is 35.5. The molecule has 5 amide bonds. The van der Waals surface area contributed by atoms with Crippen LogP contribution in [-0.2, 0) is 14.4 Å². The van der Waals surface area contributed by atoms with Crippen LogP contribution >= 0.6 is 11.6 Å². The zero-order chi connectivity index (χ0) is 19.7. The van der Waals surface area contributed by atoms with E-state index in [0.29, 0.717) is 17.1 Å². The summed E-state index contributed by atoms with van der Waals surface area (Å²) in [5, 5.41) is 3.19. The van der Waals surface area contributed by atoms with Crippen LogP contribution in [-0.4, -0.2) is 46.1 Å². The van der Waals surface area contributed by atoms with E-state index >= 15 is 0 Å². The maximum absolute atomic E-state index is 12.7. The molecule has 1 aromatic rings. The maximum atomic E-state index is 12.7. The Labute approximate surface area is 162 Å². The largest absolute Gasteiger partial charge is 0.334 e. The first-order chi connectivity index (χ1) is 12.8. The maximum Gasteiger partial charge on any atom is 0.334 e. The molecule has 2 fully saturated rings. The lowest BCUT2D eigenvalue weighted by atomic mass is 9.85. The van der Waals surface area contributed by atoms with Crippen molar-refractivity contribution < 1.29 is 19.2 Å². The molecule has 0 aromatic heterocycles. The van der Waals surface area contributed by atoms with Crippen molar-refractivity contribution in [2.24, 2.45) is 5.92 Å². The van der Waals surface area contributed by atoms with Gasteiger partial charge in [0.2, 0.25) is 5.91 Å². The number of amides is 5. The Morgan fingerprint density at radius 3 is 2.56 bits per heavy atom. The second-order valence-corrected chi connectivity index (χ2v) is 7.62. The minimum Gasteiger partial charge on any atom is -0.324 e. The van der Waals surface area contributed by atoms with E-state index in [-0.39, 0.29) is 12.0 Å². The number of nitrogens with one attached hydrogen (secondary N) is 1. The number of benzene rings is 1. The van der Waals surface area contributed by atoms with Crippen molar-refractivity contribution in [3.05, 3.63) is 28.8 Å². The number of rotatable bonds is 4. The summed E-state index contributed by atoms with van der Waals surface area (Å²) in [5.41, 5.74) is 1.29. The lowest BCUT2D eigenvalue weighted by Gasteiger charge is -2.34. The normalized spacial score (nSPS) is 23.1. The molecule has 1 saturated heterocycles. The number of anilines is 1. The average molecular weight is 392 g/mol. The number of aryl methyl sites for hydroxylation is 1. The Balaban J connectivity index is 1.71. The van der Waals surface area contributed by atoms with Crippen LogP contribution in [0.1, 0.15) is 38.2 Å². The molecule has 1 aliphatic heterocycles. The highest BCUT2D eigenvalue weighted by molar-refractivity contribution is 6.45. The lowest BCUT2D eigenvalue weighted by Crippen LogP contribution is -2.46. The molecule has 1 saturated carbocycles. The number of carbonyl (C=O) groups excluding carboxylic acids is 4. The molecule has 144 valence electrons. The molecular weight excluding hydrogens is 370 g/mol. The number of urea groups is 1. The van der Waals surface area contributed by atoms with Gasteiger partial charge in [0.1, 0.15) is 6.54 Å². The van der Waals surface area contributed by atoms with Gasteiger partial charge in [0.25, 0.3) is 0 Å². The van der Waals surface area contributed by atoms with E-state index in [2.05, 4.69) is 5.32 Å². The molecule has 1 N–H and O–H groups in total. The average Bonchev–Trinajstić information content (AvgIpc) is 2.82. The van der Waals surface area contributed by atoms with Crippen LogP contribution < -0.4 is 5.32 Å². The van der Waals surface area contributed by atoms with E-state index in [1.807, 2.05) is 6.92 Å². The van der Waals surface area contributed by atoms with Crippen LogP contribution in [0.15, 0.2) is 18.2 Å². The van der Waals surface area contributed by atoms with Gasteiger partial charge in [0, 0.05) is 16.8 Å². The summed E-state index contributed by atoms with van der Waals surface area (Å²) in [5.74, 6) is -2.19. The van der Waals surface area contributed by atoms with Crippen molar-refractivity contribution in [2.75, 3.05) is 11.9 Å². The van der Waals surface area contributed by atoms with Crippen LogP contribution in [0.3, 0.4) is 0 Å². The number of hydrogen-bond donors (Lipinski definition) is 1. The van der Waals surface area contributed by atoms with E-state index < -0.39 is 30.3 Å². The molecule has 2 atom stereocenters. The molecule has 3 rings (SSSR count). The van der Waals surface area contributed by atoms with Crippen molar-refractivity contribution in [2.45, 2.75) is 45.6 Å². The summed E-state index contributed by atoms with van der Waals surface area (Å²) in [6.45, 7) is 3.26. The second kappa shape index (κ2) is 7.68. The Bertz CT molecular complexity index is 810. The van der Waals surface area contributed by atoms with Crippen LogP contribution in [0.4, 0.5) is 10.5 Å². The topological polar surface area (TPSA) is 86.8 Å². The molecular formula is C19H22ClN3O4. The first-order valence-corrected chi connectivity index (χ1v) is 9.42. The van der Waals surface area contributed by atoms with Gasteiger partial charge in [0.05, 0.1) is 0 Å². The van der Waals surface area contributed by atoms with Gasteiger partial charge in [-0.2, -0.15) is 0 Å². The van der Waals surface area contributed by atoms with Gasteiger partial charge >= 0.3 is 17.8 Å². The third-order valence-corrected chi connectivity index (χ3v) is 5.48. The van der Waals surface area contributed by atoms with Crippen molar-refractivity contribution in [3.63, 3.8) is 0 Å². The Morgan fingerprint density at radius 2 is 1.89 bits per heavy atom. The van der Waals surface area contributed by atoms with E-state index in [9.17, 15) is 19.2 Å². The Kier molecular flexibility index (Phi) is 5.51. The number of carbonyl (C=O) groups is 4. The zero-order valence-corrected chi connectivity index (χ0v) is 16.1. The molecule has 1 aromatic carbocycles. The molecule has 7 nitrogen and oxygen atoms in total. The first-order valence-electron chi connectivity index (χ1n) is 9.04. The van der Waals surface area contributed by atoms with Gasteiger partial charge in [-0.3, -0.25) is 19.3 Å². The smallest absolute Gasteiger partial charge is 0.324 e. The predicted molar refractivity (Wildman–Crippen MR) is 100 cm³/mol. The number of imide groups is 2. The second-order valence-electron chi connectivity index (χ2n) is 7.19. The van der Waals surface area contributed by atoms with E-state index in [4.69, 9.17) is 11.6 Å². The van der Waals surface area contributed by atoms with Gasteiger partial charge in [-0.15, -0.1) is 0 Å². The summed E-state index contributed by atoms with van der Waals surface area (Å²) in [6, 6.07) is 3.98. The van der Waals surface area contributed by atoms with Gasteiger partial charge in [-0.25, -0.2) is 9.69 Å². The van der Waals surface area contributed by atoms with Crippen LogP contribution in [0.25, 0.3) is 0 Å². The molecule has 0 unspecified atom stereocenters. The molecule has 27 heavy (non-hydrogen) atoms. The first kappa shape index (κ1) is 19.4. The van der Waals surface area contributed by atoms with Gasteiger partial charge < -0.3 is 5.32 Å². The number of hydrogen-bond acceptors (Lipinski definition) is 4. The quantitative estimate of drug-likeness (QED) is 0.631. The zero-order valence-electron chi connectivity index (χ0n) is 15.3. The summed E-state index contributed by atoms with van der Waals surface area (Å²) >= 11 is 5.89. The number of halogens is 1. The molecule has 0 spiro atoms. The summed E-state index contributed by atoms with van der Waals surface area (Å²) in [4.78, 5) is 51.5. The minimum absolute atomic E-state index is 0.143. The standard InChI is InChI=1S/C19H22ClN3O4/c1-11-5-3-4-6-15(11)23-18(26)17(25)22(19(23)27)10-16(24)21-14-8-7-13(20)9-12(14)2/h7-9,11,15H,3-6,10H2,1-2H3,(H,21,24)/t11-,15+/m1/s1. The molecule has 8 heteroatoms. The number of nitrogens with zero attached hydrogens (tertiary/aromatic N) is 2. The third-order valence-electron chi connectivity index (χ3n) is 5.25. The van der Waals surface area contributed by atoms with E-state index in [1.54, 1.807) is 25.1 Å². The molecule has 1 heterocycles. The predicted octanol–water partition coefficient (Wildman–Crippen LogP) is 2.96. The van der Waals surface area contributed by atoms with Crippen molar-refractivity contribution >= 4 is 41.0 Å². The highest BCUT2D eigenvalue weighted by Gasteiger charge is 2.49. The molecule has 0 bridgehead atoms. The summed E-state index contributed by atoms with van der Waals surface area (Å²) in [6.07, 6.45) is 3.56. The van der Waals surface area contributed by atoms with Crippen LogP contribution in [0.2, 0.25) is 5.02 Å². The molecule has 2 aliphatic rings. The SMILES string of the molecule is Cc1cc(Cl)ccc1NC(=O)CN1C(=O)C(=O)N([C@H]2CCCC[C@H]2C)C1=O. The van der Waals surface area contributed by atoms with Crippen molar-refractivity contribution in [1.29, 1.82) is 0 Å². The highest BCUT2D eigenvalue weighted by Crippen LogP contribution is 2.31. The fraction of sp³-hybridized carbons (Fsp3) is 0.474. The molecule has 0 radical (unpaired) electrons. The van der Waals surface area contributed by atoms with Crippen LogP contribution in [0.5, 0.6) is 0 Å².